The van der Waals surface area contributed by atoms with Crippen LogP contribution in [0.2, 0.25) is 0 Å². The van der Waals surface area contributed by atoms with E-state index in [0.29, 0.717) is 18.4 Å². The van der Waals surface area contributed by atoms with Gasteiger partial charge >= 0.3 is 12.3 Å². The summed E-state index contributed by atoms with van der Waals surface area (Å²) >= 11 is 0. The number of hydrogen-bond donors (Lipinski definition) is 2. The SMILES string of the molecule is CC(C)(NC(=O)CCCCC(=O)O)c1ccc(OC(F)(F)F)cc1. The lowest BCUT2D eigenvalue weighted by Gasteiger charge is -2.27. The fourth-order valence-corrected chi connectivity index (χ4v) is 2.12. The molecule has 134 valence electrons. The van der Waals surface area contributed by atoms with E-state index in [1.807, 2.05) is 0 Å². The average Bonchev–Trinajstić information content (AvgIpc) is 2.41. The average molecular weight is 347 g/mol. The predicted molar refractivity (Wildman–Crippen MR) is 80.4 cm³/mol. The summed E-state index contributed by atoms with van der Waals surface area (Å²) in [5, 5.41) is 11.3. The van der Waals surface area contributed by atoms with Crippen LogP contribution in [0.5, 0.6) is 5.75 Å². The van der Waals surface area contributed by atoms with Gasteiger partial charge in [0, 0.05) is 12.8 Å². The molecule has 0 atom stereocenters. The molecule has 0 bridgehead atoms. The number of rotatable bonds is 8. The van der Waals surface area contributed by atoms with Crippen molar-refractivity contribution in [3.05, 3.63) is 29.8 Å². The molecule has 0 aliphatic heterocycles. The highest BCUT2D eigenvalue weighted by molar-refractivity contribution is 5.77. The van der Waals surface area contributed by atoms with Crippen LogP contribution in [0, 0.1) is 0 Å². The van der Waals surface area contributed by atoms with Gasteiger partial charge in [-0.2, -0.15) is 0 Å². The molecular weight excluding hydrogens is 327 g/mol. The highest BCUT2D eigenvalue weighted by Crippen LogP contribution is 2.26. The normalized spacial score (nSPS) is 11.9. The van der Waals surface area contributed by atoms with Crippen molar-refractivity contribution in [2.75, 3.05) is 0 Å². The van der Waals surface area contributed by atoms with Gasteiger partial charge < -0.3 is 15.2 Å². The fourth-order valence-electron chi connectivity index (χ4n) is 2.12. The topological polar surface area (TPSA) is 75.6 Å². The second kappa shape index (κ2) is 8.03. The van der Waals surface area contributed by atoms with E-state index >= 15 is 0 Å². The first-order valence-electron chi connectivity index (χ1n) is 7.39. The summed E-state index contributed by atoms with van der Waals surface area (Å²) in [4.78, 5) is 22.3. The fraction of sp³-hybridized carbons (Fsp3) is 0.500. The molecule has 0 aromatic heterocycles. The molecule has 0 aliphatic rings. The first-order valence-corrected chi connectivity index (χ1v) is 7.39. The number of nitrogens with one attached hydrogen (secondary N) is 1. The van der Waals surface area contributed by atoms with Gasteiger partial charge in [-0.05, 0) is 44.4 Å². The van der Waals surface area contributed by atoms with Gasteiger partial charge in [0.15, 0.2) is 0 Å². The minimum absolute atomic E-state index is 0.0113. The molecule has 0 saturated carbocycles. The smallest absolute Gasteiger partial charge is 0.481 e. The number of carbonyl (C=O) groups is 2. The van der Waals surface area contributed by atoms with Gasteiger partial charge in [-0.3, -0.25) is 9.59 Å². The lowest BCUT2D eigenvalue weighted by atomic mass is 9.94. The first-order chi connectivity index (χ1) is 11.0. The summed E-state index contributed by atoms with van der Waals surface area (Å²) in [7, 11) is 0. The standard InChI is InChI=1S/C16H20F3NO4/c1-15(2,20-13(21)5-3-4-6-14(22)23)11-7-9-12(10-8-11)24-16(17,18)19/h7-10H,3-6H2,1-2H3,(H,20,21)(H,22,23). The van der Waals surface area contributed by atoms with Crippen LogP contribution < -0.4 is 10.1 Å². The number of benzene rings is 1. The van der Waals surface area contributed by atoms with Crippen LogP contribution in [0.4, 0.5) is 13.2 Å². The van der Waals surface area contributed by atoms with Gasteiger partial charge in [0.25, 0.3) is 0 Å². The molecule has 0 heterocycles. The Morgan fingerprint density at radius 3 is 2.12 bits per heavy atom. The van der Waals surface area contributed by atoms with E-state index in [9.17, 15) is 22.8 Å². The second-order valence-electron chi connectivity index (χ2n) is 5.85. The van der Waals surface area contributed by atoms with Gasteiger partial charge in [0.05, 0.1) is 5.54 Å². The van der Waals surface area contributed by atoms with Crippen molar-refractivity contribution in [2.24, 2.45) is 0 Å². The van der Waals surface area contributed by atoms with Crippen LogP contribution in [0.15, 0.2) is 24.3 Å². The number of amides is 1. The summed E-state index contributed by atoms with van der Waals surface area (Å²) in [6.07, 6.45) is -3.69. The minimum atomic E-state index is -4.75. The molecule has 0 aliphatic carbocycles. The van der Waals surface area contributed by atoms with Gasteiger partial charge in [0.1, 0.15) is 5.75 Å². The summed E-state index contributed by atoms with van der Waals surface area (Å²) < 4.78 is 40.2. The number of ether oxygens (including phenoxy) is 1. The van der Waals surface area contributed by atoms with E-state index in [0.717, 1.165) is 0 Å². The van der Waals surface area contributed by atoms with E-state index in [4.69, 9.17) is 5.11 Å². The number of carboxylic acids is 1. The van der Waals surface area contributed by atoms with Gasteiger partial charge in [-0.25, -0.2) is 0 Å². The van der Waals surface area contributed by atoms with Crippen molar-refractivity contribution in [1.29, 1.82) is 0 Å². The Kier molecular flexibility index (Phi) is 6.62. The van der Waals surface area contributed by atoms with E-state index in [1.54, 1.807) is 13.8 Å². The van der Waals surface area contributed by atoms with Crippen LogP contribution in [-0.4, -0.2) is 23.3 Å². The lowest BCUT2D eigenvalue weighted by molar-refractivity contribution is -0.274. The maximum absolute atomic E-state index is 12.1. The maximum atomic E-state index is 12.1. The Morgan fingerprint density at radius 2 is 1.62 bits per heavy atom. The van der Waals surface area contributed by atoms with Crippen LogP contribution in [0.1, 0.15) is 45.1 Å². The molecule has 24 heavy (non-hydrogen) atoms. The molecule has 1 rings (SSSR count). The van der Waals surface area contributed by atoms with Crippen LogP contribution in [0.25, 0.3) is 0 Å². The lowest BCUT2D eigenvalue weighted by Crippen LogP contribution is -2.40. The molecule has 5 nitrogen and oxygen atoms in total. The number of carbonyl (C=O) groups excluding carboxylic acids is 1. The quantitative estimate of drug-likeness (QED) is 0.705. The molecule has 0 unspecified atom stereocenters. The number of hydrogen-bond acceptors (Lipinski definition) is 3. The van der Waals surface area contributed by atoms with Gasteiger partial charge in [0.2, 0.25) is 5.91 Å². The molecule has 0 radical (unpaired) electrons. The first kappa shape index (κ1) is 19.8. The zero-order valence-electron chi connectivity index (χ0n) is 13.4. The van der Waals surface area contributed by atoms with Crippen molar-refractivity contribution in [3.8, 4) is 5.75 Å². The Hall–Kier alpha value is -2.25. The summed E-state index contributed by atoms with van der Waals surface area (Å²) in [5.41, 5.74) is -0.156. The zero-order chi connectivity index (χ0) is 18.4. The molecule has 2 N–H and O–H groups in total. The molecule has 0 saturated heterocycles. The predicted octanol–water partition coefficient (Wildman–Crippen LogP) is 3.58. The minimum Gasteiger partial charge on any atom is -0.481 e. The van der Waals surface area contributed by atoms with Gasteiger partial charge in [-0.1, -0.05) is 12.1 Å². The molecule has 1 aromatic rings. The van der Waals surface area contributed by atoms with Crippen molar-refractivity contribution >= 4 is 11.9 Å². The van der Waals surface area contributed by atoms with Crippen molar-refractivity contribution in [2.45, 2.75) is 51.4 Å². The number of aliphatic carboxylic acids is 1. The summed E-state index contributed by atoms with van der Waals surface area (Å²) in [5.74, 6) is -1.49. The highest BCUT2D eigenvalue weighted by atomic mass is 19.4. The third-order valence-corrected chi connectivity index (χ3v) is 3.31. The molecule has 8 heteroatoms. The number of carboxylic acid groups (broad SMARTS) is 1. The number of unbranched alkanes of at least 4 members (excludes halogenated alkanes) is 1. The van der Waals surface area contributed by atoms with E-state index in [2.05, 4.69) is 10.1 Å². The second-order valence-corrected chi connectivity index (χ2v) is 5.85. The van der Waals surface area contributed by atoms with Crippen molar-refractivity contribution < 1.29 is 32.6 Å². The highest BCUT2D eigenvalue weighted by Gasteiger charge is 2.31. The van der Waals surface area contributed by atoms with Crippen LogP contribution in [-0.2, 0) is 15.1 Å². The Balaban J connectivity index is 2.57. The summed E-state index contributed by atoms with van der Waals surface area (Å²) in [6.45, 7) is 3.45. The number of alkyl halides is 3. The Bertz CT molecular complexity index is 568. The van der Waals surface area contributed by atoms with E-state index in [-0.39, 0.29) is 24.5 Å². The monoisotopic (exact) mass is 347 g/mol. The van der Waals surface area contributed by atoms with E-state index in [1.165, 1.54) is 24.3 Å². The van der Waals surface area contributed by atoms with Crippen LogP contribution in [0.3, 0.4) is 0 Å². The van der Waals surface area contributed by atoms with E-state index < -0.39 is 17.9 Å². The molecular formula is C16H20F3NO4. The Morgan fingerprint density at radius 1 is 1.08 bits per heavy atom. The molecule has 1 aromatic carbocycles. The van der Waals surface area contributed by atoms with Crippen LogP contribution >= 0.6 is 0 Å². The number of halogens is 3. The van der Waals surface area contributed by atoms with Crippen molar-refractivity contribution in [3.63, 3.8) is 0 Å². The molecule has 0 spiro atoms. The molecule has 0 fully saturated rings. The molecule has 1 amide bonds. The zero-order valence-corrected chi connectivity index (χ0v) is 13.4. The van der Waals surface area contributed by atoms with Gasteiger partial charge in [-0.15, -0.1) is 13.2 Å². The maximum Gasteiger partial charge on any atom is 0.573 e. The Labute approximate surface area is 137 Å². The third kappa shape index (κ3) is 7.34. The largest absolute Gasteiger partial charge is 0.573 e. The van der Waals surface area contributed by atoms with Crippen molar-refractivity contribution in [1.82, 2.24) is 5.32 Å². The third-order valence-electron chi connectivity index (χ3n) is 3.31. The summed E-state index contributed by atoms with van der Waals surface area (Å²) in [6, 6.07) is 5.27.